The third kappa shape index (κ3) is 3.62. The Morgan fingerprint density at radius 3 is 2.30 bits per heavy atom. The van der Waals surface area contributed by atoms with Gasteiger partial charge in [-0.05, 0) is 44.9 Å². The number of rotatable bonds is 2. The van der Waals surface area contributed by atoms with Gasteiger partial charge in [0, 0.05) is 45.3 Å². The molecule has 3 fully saturated rings. The number of likely N-dealkylation sites (tertiary alicyclic amines) is 3. The fourth-order valence-electron chi connectivity index (χ4n) is 4.23. The molecule has 0 saturated carbocycles. The molecular weight excluding hydrogens is 292 g/mol. The number of hydrogen-bond donors (Lipinski definition) is 1. The molecule has 6 heteroatoms. The summed E-state index contributed by atoms with van der Waals surface area (Å²) in [4.78, 5) is 31.3. The number of carbonyl (C=O) groups is 2. The van der Waals surface area contributed by atoms with E-state index in [2.05, 4.69) is 0 Å². The fourth-order valence-corrected chi connectivity index (χ4v) is 4.23. The summed E-state index contributed by atoms with van der Waals surface area (Å²) >= 11 is 0. The van der Waals surface area contributed by atoms with E-state index in [0.717, 1.165) is 71.1 Å². The second-order valence-electron chi connectivity index (χ2n) is 7.18. The van der Waals surface area contributed by atoms with Crippen LogP contribution in [0.2, 0.25) is 0 Å². The van der Waals surface area contributed by atoms with Gasteiger partial charge in [0.05, 0.1) is 5.92 Å². The third-order valence-electron chi connectivity index (χ3n) is 5.60. The van der Waals surface area contributed by atoms with Gasteiger partial charge in [0.25, 0.3) is 0 Å². The van der Waals surface area contributed by atoms with Gasteiger partial charge >= 0.3 is 6.03 Å². The Hall–Kier alpha value is -1.30. The van der Waals surface area contributed by atoms with Crippen LogP contribution in [0.5, 0.6) is 0 Å². The first-order valence-electron chi connectivity index (χ1n) is 9.25. The van der Waals surface area contributed by atoms with E-state index >= 15 is 0 Å². The Balaban J connectivity index is 1.60. The van der Waals surface area contributed by atoms with Gasteiger partial charge in [-0.2, -0.15) is 0 Å². The number of carbonyl (C=O) groups excluding carboxylic acids is 2. The van der Waals surface area contributed by atoms with Crippen molar-refractivity contribution in [1.29, 1.82) is 0 Å². The molecule has 23 heavy (non-hydrogen) atoms. The van der Waals surface area contributed by atoms with Crippen LogP contribution in [0.4, 0.5) is 4.79 Å². The molecule has 3 saturated heterocycles. The van der Waals surface area contributed by atoms with Crippen LogP contribution in [0.3, 0.4) is 0 Å². The van der Waals surface area contributed by atoms with E-state index in [0.29, 0.717) is 13.1 Å². The predicted octanol–water partition coefficient (Wildman–Crippen LogP) is 1.25. The molecule has 2 unspecified atom stereocenters. The molecule has 3 heterocycles. The zero-order valence-corrected chi connectivity index (χ0v) is 14.1. The van der Waals surface area contributed by atoms with Gasteiger partial charge in [0.2, 0.25) is 5.91 Å². The largest absolute Gasteiger partial charge is 0.338 e. The molecule has 3 aliphatic heterocycles. The molecule has 130 valence electrons. The van der Waals surface area contributed by atoms with Crippen molar-refractivity contribution in [3.8, 4) is 0 Å². The minimum atomic E-state index is -0.0394. The summed E-state index contributed by atoms with van der Waals surface area (Å²) < 4.78 is 0. The highest BCUT2D eigenvalue weighted by atomic mass is 16.2. The highest BCUT2D eigenvalue weighted by molar-refractivity contribution is 5.81. The molecule has 0 aromatic heterocycles. The second-order valence-corrected chi connectivity index (χ2v) is 7.18. The zero-order chi connectivity index (χ0) is 16.2. The third-order valence-corrected chi connectivity index (χ3v) is 5.60. The number of nitrogens with zero attached hydrogens (tertiary/aromatic N) is 3. The van der Waals surface area contributed by atoms with Gasteiger partial charge < -0.3 is 20.4 Å². The van der Waals surface area contributed by atoms with E-state index in [4.69, 9.17) is 5.73 Å². The van der Waals surface area contributed by atoms with Crippen LogP contribution in [0.25, 0.3) is 0 Å². The van der Waals surface area contributed by atoms with Crippen LogP contribution in [-0.2, 0) is 4.79 Å². The quantitative estimate of drug-likeness (QED) is 0.832. The molecule has 2 N–H and O–H groups in total. The maximum Gasteiger partial charge on any atom is 0.320 e. The van der Waals surface area contributed by atoms with E-state index < -0.39 is 0 Å². The lowest BCUT2D eigenvalue weighted by molar-refractivity contribution is -0.140. The molecule has 0 radical (unpaired) electrons. The average molecular weight is 322 g/mol. The lowest BCUT2D eigenvalue weighted by Crippen LogP contribution is -2.54. The first kappa shape index (κ1) is 16.6. The van der Waals surface area contributed by atoms with Crippen molar-refractivity contribution >= 4 is 11.9 Å². The second kappa shape index (κ2) is 7.51. The van der Waals surface area contributed by atoms with E-state index in [9.17, 15) is 9.59 Å². The van der Waals surface area contributed by atoms with E-state index in [1.807, 2.05) is 14.7 Å². The topological polar surface area (TPSA) is 69.9 Å². The van der Waals surface area contributed by atoms with Crippen LogP contribution in [0.15, 0.2) is 0 Å². The van der Waals surface area contributed by atoms with E-state index in [1.165, 1.54) is 0 Å². The minimum Gasteiger partial charge on any atom is -0.338 e. The number of nitrogens with two attached hydrogens (primary N) is 1. The van der Waals surface area contributed by atoms with Crippen molar-refractivity contribution < 1.29 is 9.59 Å². The van der Waals surface area contributed by atoms with Gasteiger partial charge in [0.1, 0.15) is 0 Å². The summed E-state index contributed by atoms with van der Waals surface area (Å²) in [5.74, 6) is 0.182. The summed E-state index contributed by atoms with van der Waals surface area (Å²) in [7, 11) is 0. The molecule has 3 rings (SSSR count). The molecule has 3 aliphatic rings. The first-order chi connectivity index (χ1) is 11.2. The SMILES string of the molecule is NCC1CCCCN1C(=O)C1CCCN(C(=O)N2CCCC2)C1. The lowest BCUT2D eigenvalue weighted by atomic mass is 9.93. The Labute approximate surface area is 139 Å². The zero-order valence-electron chi connectivity index (χ0n) is 14.1. The maximum absolute atomic E-state index is 12.9. The summed E-state index contributed by atoms with van der Waals surface area (Å²) in [5.41, 5.74) is 5.85. The van der Waals surface area contributed by atoms with Crippen LogP contribution in [0, 0.1) is 5.92 Å². The minimum absolute atomic E-state index is 0.0394. The van der Waals surface area contributed by atoms with Crippen LogP contribution in [-0.4, -0.2) is 71.9 Å². The van der Waals surface area contributed by atoms with Crippen LogP contribution in [0.1, 0.15) is 44.9 Å². The smallest absolute Gasteiger partial charge is 0.320 e. The molecule has 0 aromatic carbocycles. The van der Waals surface area contributed by atoms with Crippen molar-refractivity contribution in [1.82, 2.24) is 14.7 Å². The summed E-state index contributed by atoms with van der Waals surface area (Å²) in [6.45, 7) is 4.50. The highest BCUT2D eigenvalue weighted by Crippen LogP contribution is 2.25. The van der Waals surface area contributed by atoms with Gasteiger partial charge in [-0.3, -0.25) is 4.79 Å². The predicted molar refractivity (Wildman–Crippen MR) is 88.9 cm³/mol. The molecule has 2 atom stereocenters. The maximum atomic E-state index is 12.9. The van der Waals surface area contributed by atoms with Gasteiger partial charge in [0.15, 0.2) is 0 Å². The van der Waals surface area contributed by atoms with Gasteiger partial charge in [-0.1, -0.05) is 0 Å². The Bertz CT molecular complexity index is 436. The molecule has 0 aliphatic carbocycles. The highest BCUT2D eigenvalue weighted by Gasteiger charge is 2.35. The molecule has 0 aromatic rings. The number of piperidine rings is 2. The van der Waals surface area contributed by atoms with E-state index in [-0.39, 0.29) is 23.9 Å². The van der Waals surface area contributed by atoms with Gasteiger partial charge in [-0.25, -0.2) is 4.79 Å². The molecule has 3 amide bonds. The number of hydrogen-bond acceptors (Lipinski definition) is 3. The molecular formula is C17H30N4O2. The fraction of sp³-hybridized carbons (Fsp3) is 0.882. The van der Waals surface area contributed by atoms with Crippen molar-refractivity contribution in [2.45, 2.75) is 51.0 Å². The average Bonchev–Trinajstić information content (AvgIpc) is 3.15. The Kier molecular flexibility index (Phi) is 5.41. The molecule has 6 nitrogen and oxygen atoms in total. The van der Waals surface area contributed by atoms with E-state index in [1.54, 1.807) is 0 Å². The van der Waals surface area contributed by atoms with Crippen molar-refractivity contribution in [2.24, 2.45) is 11.7 Å². The summed E-state index contributed by atoms with van der Waals surface area (Å²) in [6, 6.07) is 0.329. The standard InChI is InChI=1S/C17H30N4O2/c18-12-15-7-1-2-11-21(15)16(22)14-6-5-10-20(13-14)17(23)19-8-3-4-9-19/h14-15H,1-13,18H2. The monoisotopic (exact) mass is 322 g/mol. The first-order valence-corrected chi connectivity index (χ1v) is 9.25. The van der Waals surface area contributed by atoms with Crippen LogP contribution < -0.4 is 5.73 Å². The molecule has 0 bridgehead atoms. The normalized spacial score (nSPS) is 29.0. The number of amides is 3. The lowest BCUT2D eigenvalue weighted by Gasteiger charge is -2.40. The van der Waals surface area contributed by atoms with Crippen molar-refractivity contribution in [2.75, 3.05) is 39.3 Å². The van der Waals surface area contributed by atoms with Gasteiger partial charge in [-0.15, -0.1) is 0 Å². The molecule has 0 spiro atoms. The Morgan fingerprint density at radius 1 is 0.870 bits per heavy atom. The van der Waals surface area contributed by atoms with Crippen molar-refractivity contribution in [3.05, 3.63) is 0 Å². The van der Waals surface area contributed by atoms with Crippen LogP contribution >= 0.6 is 0 Å². The Morgan fingerprint density at radius 2 is 1.57 bits per heavy atom. The van der Waals surface area contributed by atoms with Crippen molar-refractivity contribution in [3.63, 3.8) is 0 Å². The summed E-state index contributed by atoms with van der Waals surface area (Å²) in [5, 5.41) is 0. The number of urea groups is 1. The summed E-state index contributed by atoms with van der Waals surface area (Å²) in [6.07, 6.45) is 7.29.